The highest BCUT2D eigenvalue weighted by molar-refractivity contribution is 5.80. The SMILES string of the molecule is CC1[C@H](C)OC(=O)C[C@H](O)C[C@H](O)CC[C@@H](O)[C@H](O)C[C@H](O)C[C@]2(O)C[C@H](O)C(C(=O)N[C@H]3C(O)O[C@H](CO)[C@H](O)[C@@H]3O)C(C[C@@H](OC3O[C@H](C)[C@@H](O)[C@H](N)[C@@H]3O)/C=C/C=C/C=C/C=C/C=C/C=C/C=C/[C@H](C)[C@H]1O)O2. The maximum atomic E-state index is 14.2. The zero-order chi connectivity index (χ0) is 56.4. The number of hydrogen-bond donors (Lipinski definition) is 16. The van der Waals surface area contributed by atoms with Crippen LogP contribution in [-0.4, -0.2) is 218 Å². The third-order valence-corrected chi connectivity index (χ3v) is 14.2. The highest BCUT2D eigenvalue weighted by Gasteiger charge is 2.53. The molecule has 0 aromatic rings. The minimum Gasteiger partial charge on any atom is -0.462 e. The van der Waals surface area contributed by atoms with E-state index in [9.17, 15) is 81.1 Å². The Morgan fingerprint density at radius 1 is 0.658 bits per heavy atom. The maximum absolute atomic E-state index is 14.2. The van der Waals surface area contributed by atoms with Crippen LogP contribution in [0.1, 0.15) is 79.1 Å². The fraction of sp³-hybridized carbons (Fsp3) is 0.698. The first kappa shape index (κ1) is 64.9. The lowest BCUT2D eigenvalue weighted by Gasteiger charge is -2.47. The number of hydrogen-bond acceptors (Lipinski definition) is 22. The summed E-state index contributed by atoms with van der Waals surface area (Å²) in [5.41, 5.74) is 6.10. The zero-order valence-electron chi connectivity index (χ0n) is 43.4. The molecule has 432 valence electrons. The number of amides is 1. The van der Waals surface area contributed by atoms with Crippen LogP contribution in [0.15, 0.2) is 85.1 Å². The summed E-state index contributed by atoms with van der Waals surface area (Å²) in [7, 11) is 0. The van der Waals surface area contributed by atoms with Crippen LogP contribution in [0.25, 0.3) is 0 Å². The van der Waals surface area contributed by atoms with E-state index in [1.165, 1.54) is 13.0 Å². The standard InChI is InChI=1S/C53H84N2O21/c1-28-17-15-13-11-9-7-5-6-8-10-12-14-16-18-35(74-52-48(67)43(54)46(65)31(4)73-52)24-39-42(50(69)55-44-49(68)47(66)40(27-56)75-51(44)70)38(62)26-53(71,76-39)25-34(59)22-37(61)36(60)20-19-32(57)21-33(58)23-41(63)72-30(3)29(2)45(28)64/h5-18,28-40,42-49,51-52,56-62,64-68,70-71H,19-27,54H2,1-4H3,(H,55,69)/b6-5+,9-7+,10-8+,13-11+,14-12+,17-15+,18-16+/t28-,29?,30-,31+,32+,33+,34-,35-,36+,37+,38-,39?,40+,42?,43-,44+,45+,46+,47-,48-,49+,51?,52?,53+/m0/s1. The van der Waals surface area contributed by atoms with Gasteiger partial charge in [0, 0.05) is 37.5 Å². The Kier molecular flexibility index (Phi) is 26.7. The number of ether oxygens (including phenoxy) is 5. The molecule has 4 heterocycles. The van der Waals surface area contributed by atoms with Crippen LogP contribution in [0.3, 0.4) is 0 Å². The lowest BCUT2D eigenvalue weighted by atomic mass is 9.81. The van der Waals surface area contributed by atoms with Crippen molar-refractivity contribution in [1.82, 2.24) is 5.32 Å². The normalized spacial score (nSPS) is 46.7. The molecule has 2 bridgehead atoms. The molecule has 0 aromatic carbocycles. The van der Waals surface area contributed by atoms with Gasteiger partial charge in [-0.3, -0.25) is 9.59 Å². The second kappa shape index (κ2) is 31.2. The van der Waals surface area contributed by atoms with E-state index in [0.717, 1.165) is 0 Å². The molecule has 4 aliphatic heterocycles. The molecule has 24 atom stereocenters. The lowest BCUT2D eigenvalue weighted by molar-refractivity contribution is -0.307. The summed E-state index contributed by atoms with van der Waals surface area (Å²) in [6, 6.07) is -2.93. The Morgan fingerprint density at radius 2 is 1.25 bits per heavy atom. The highest BCUT2D eigenvalue weighted by atomic mass is 16.7. The average molecular weight is 1090 g/mol. The molecule has 5 unspecified atom stereocenters. The summed E-state index contributed by atoms with van der Waals surface area (Å²) < 4.78 is 28.8. The van der Waals surface area contributed by atoms with Gasteiger partial charge >= 0.3 is 5.97 Å². The minimum atomic E-state index is -2.46. The number of fused-ring (bicyclic) bond motifs is 2. The van der Waals surface area contributed by atoms with Gasteiger partial charge in [-0.1, -0.05) is 98.9 Å². The number of nitrogens with one attached hydrogen (secondary N) is 1. The van der Waals surface area contributed by atoms with Gasteiger partial charge in [0.15, 0.2) is 18.4 Å². The fourth-order valence-electron chi connectivity index (χ4n) is 9.50. The van der Waals surface area contributed by atoms with Crippen molar-refractivity contribution in [2.24, 2.45) is 23.5 Å². The summed E-state index contributed by atoms with van der Waals surface area (Å²) in [6.07, 6.45) is -5.57. The summed E-state index contributed by atoms with van der Waals surface area (Å²) in [4.78, 5) is 26.9. The summed E-state index contributed by atoms with van der Waals surface area (Å²) in [5.74, 6) is -6.76. The Bertz CT molecular complexity index is 1990. The molecule has 3 fully saturated rings. The molecule has 1 amide bonds. The van der Waals surface area contributed by atoms with Crippen molar-refractivity contribution < 1.29 is 105 Å². The van der Waals surface area contributed by atoms with E-state index in [-0.39, 0.29) is 25.2 Å². The molecule has 0 aliphatic carbocycles. The van der Waals surface area contributed by atoms with E-state index in [2.05, 4.69) is 5.32 Å². The van der Waals surface area contributed by atoms with E-state index in [4.69, 9.17) is 29.4 Å². The summed E-state index contributed by atoms with van der Waals surface area (Å²) in [5, 5.41) is 154. The molecule has 0 spiro atoms. The molecule has 4 rings (SSSR count). The number of esters is 1. The quantitative estimate of drug-likeness (QED) is 0.127. The number of nitrogens with two attached hydrogens (primary N) is 1. The van der Waals surface area contributed by atoms with E-state index >= 15 is 0 Å². The molecule has 0 radical (unpaired) electrons. The number of aliphatic hydroxyl groups excluding tert-OH is 13. The van der Waals surface area contributed by atoms with Crippen molar-refractivity contribution in [2.75, 3.05) is 6.61 Å². The van der Waals surface area contributed by atoms with Crippen LogP contribution in [0, 0.1) is 17.8 Å². The molecule has 17 N–H and O–H groups in total. The van der Waals surface area contributed by atoms with E-state index in [0.29, 0.717) is 0 Å². The fourth-order valence-corrected chi connectivity index (χ4v) is 9.50. The predicted octanol–water partition coefficient (Wildman–Crippen LogP) is -2.46. The maximum Gasteiger partial charge on any atom is 0.308 e. The monoisotopic (exact) mass is 1080 g/mol. The molecular weight excluding hydrogens is 1000 g/mol. The second-order valence-corrected chi connectivity index (χ2v) is 20.5. The Balaban J connectivity index is 1.65. The lowest BCUT2D eigenvalue weighted by Crippen LogP contribution is -2.66. The van der Waals surface area contributed by atoms with Crippen molar-refractivity contribution in [1.29, 1.82) is 0 Å². The van der Waals surface area contributed by atoms with Crippen molar-refractivity contribution in [3.63, 3.8) is 0 Å². The molecule has 76 heavy (non-hydrogen) atoms. The molecule has 4 aliphatic rings. The number of allylic oxidation sites excluding steroid dienone is 12. The summed E-state index contributed by atoms with van der Waals surface area (Å²) in [6.45, 7) is 5.88. The van der Waals surface area contributed by atoms with Gasteiger partial charge in [-0.25, -0.2) is 0 Å². The second-order valence-electron chi connectivity index (χ2n) is 20.5. The van der Waals surface area contributed by atoms with Gasteiger partial charge < -0.3 is 106 Å². The number of carbonyl (C=O) groups excluding carboxylic acids is 2. The molecular formula is C53H84N2O21. The average Bonchev–Trinajstić information content (AvgIpc) is 3.34. The van der Waals surface area contributed by atoms with Crippen LogP contribution in [0.5, 0.6) is 0 Å². The van der Waals surface area contributed by atoms with Gasteiger partial charge in [0.25, 0.3) is 0 Å². The van der Waals surface area contributed by atoms with Gasteiger partial charge in [0.05, 0.1) is 92.1 Å². The van der Waals surface area contributed by atoms with Crippen LogP contribution >= 0.6 is 0 Å². The molecule has 0 saturated carbocycles. The van der Waals surface area contributed by atoms with E-state index in [1.807, 2.05) is 6.92 Å². The predicted molar refractivity (Wildman–Crippen MR) is 271 cm³/mol. The third-order valence-electron chi connectivity index (χ3n) is 14.2. The van der Waals surface area contributed by atoms with Crippen LogP contribution in [-0.2, 0) is 33.3 Å². The third kappa shape index (κ3) is 19.6. The highest BCUT2D eigenvalue weighted by Crippen LogP contribution is 2.39. The first-order chi connectivity index (χ1) is 35.9. The Hall–Kier alpha value is -3.64. The number of rotatable bonds is 5. The van der Waals surface area contributed by atoms with Gasteiger partial charge in [-0.2, -0.15) is 0 Å². The van der Waals surface area contributed by atoms with Crippen molar-refractivity contribution >= 4 is 11.9 Å². The Morgan fingerprint density at radius 3 is 1.86 bits per heavy atom. The number of aliphatic hydroxyl groups is 14. The minimum absolute atomic E-state index is 0.154. The molecule has 23 nitrogen and oxygen atoms in total. The van der Waals surface area contributed by atoms with Crippen LogP contribution in [0.2, 0.25) is 0 Å². The first-order valence-corrected chi connectivity index (χ1v) is 25.9. The smallest absolute Gasteiger partial charge is 0.308 e. The van der Waals surface area contributed by atoms with E-state index < -0.39 is 191 Å². The Labute approximate surface area is 443 Å². The van der Waals surface area contributed by atoms with Gasteiger partial charge in [-0.05, 0) is 33.1 Å². The number of carbonyl (C=O) groups is 2. The van der Waals surface area contributed by atoms with Crippen molar-refractivity contribution in [3.05, 3.63) is 85.1 Å². The summed E-state index contributed by atoms with van der Waals surface area (Å²) >= 11 is 0. The zero-order valence-corrected chi connectivity index (χ0v) is 43.4. The number of cyclic esters (lactones) is 1. The van der Waals surface area contributed by atoms with Crippen molar-refractivity contribution in [3.8, 4) is 0 Å². The van der Waals surface area contributed by atoms with Crippen LogP contribution < -0.4 is 11.1 Å². The van der Waals surface area contributed by atoms with Gasteiger partial charge in [0.2, 0.25) is 5.91 Å². The molecule has 23 heteroatoms. The largest absolute Gasteiger partial charge is 0.462 e. The first-order valence-electron chi connectivity index (χ1n) is 25.9. The molecule has 0 aromatic heterocycles. The van der Waals surface area contributed by atoms with E-state index in [1.54, 1.807) is 92.8 Å². The van der Waals surface area contributed by atoms with Gasteiger partial charge in [0.1, 0.15) is 36.6 Å². The molecule has 3 saturated heterocycles. The van der Waals surface area contributed by atoms with Crippen molar-refractivity contribution in [2.45, 2.75) is 207 Å². The van der Waals surface area contributed by atoms with Gasteiger partial charge in [-0.15, -0.1) is 0 Å². The van der Waals surface area contributed by atoms with Crippen LogP contribution in [0.4, 0.5) is 0 Å². The topological polar surface area (TPSA) is 402 Å².